The third kappa shape index (κ3) is 4.67. The maximum absolute atomic E-state index is 13.1. The number of carbonyl (C=O) groups is 4. The minimum atomic E-state index is -0.641. The molecule has 1 aromatic carbocycles. The van der Waals surface area contributed by atoms with E-state index in [1.807, 2.05) is 26.8 Å². The summed E-state index contributed by atoms with van der Waals surface area (Å²) < 4.78 is 11.7. The van der Waals surface area contributed by atoms with Crippen molar-refractivity contribution in [3.05, 3.63) is 29.3 Å². The van der Waals surface area contributed by atoms with Gasteiger partial charge in [0.2, 0.25) is 5.91 Å². The molecular weight excluding hydrogens is 426 g/mol. The highest BCUT2D eigenvalue weighted by molar-refractivity contribution is 6.05. The third-order valence-corrected chi connectivity index (χ3v) is 6.34. The Morgan fingerprint density at radius 1 is 1.06 bits per heavy atom. The van der Waals surface area contributed by atoms with Crippen molar-refractivity contribution in [2.24, 2.45) is 0 Å². The SMILES string of the molecule is CN1C(=O)CCC(N2Cc3c(OC4CCN(C(=O)OC(C)(C)C)CC4)cccc3C2=O)C1=O. The number of likely N-dealkylation sites (tertiary alicyclic amines) is 2. The van der Waals surface area contributed by atoms with Crippen molar-refractivity contribution in [3.8, 4) is 5.75 Å². The lowest BCUT2D eigenvalue weighted by molar-refractivity contribution is -0.150. The van der Waals surface area contributed by atoms with Crippen LogP contribution in [0.1, 0.15) is 62.4 Å². The van der Waals surface area contributed by atoms with E-state index in [4.69, 9.17) is 9.47 Å². The molecule has 4 rings (SSSR count). The lowest BCUT2D eigenvalue weighted by atomic mass is 10.0. The highest BCUT2D eigenvalue weighted by atomic mass is 16.6. The first-order valence-corrected chi connectivity index (χ1v) is 11.4. The molecule has 0 aliphatic carbocycles. The second-order valence-corrected chi connectivity index (χ2v) is 9.85. The zero-order chi connectivity index (χ0) is 23.9. The molecule has 178 valence electrons. The van der Waals surface area contributed by atoms with Crippen LogP contribution in [0.5, 0.6) is 5.75 Å². The summed E-state index contributed by atoms with van der Waals surface area (Å²) in [6.45, 7) is 6.89. The molecule has 1 atom stereocenters. The van der Waals surface area contributed by atoms with E-state index in [1.54, 1.807) is 21.9 Å². The quantitative estimate of drug-likeness (QED) is 0.648. The van der Waals surface area contributed by atoms with Crippen LogP contribution in [0, 0.1) is 0 Å². The van der Waals surface area contributed by atoms with Crippen molar-refractivity contribution < 1.29 is 28.7 Å². The number of rotatable bonds is 3. The molecule has 0 saturated carbocycles. The zero-order valence-electron chi connectivity index (χ0n) is 19.6. The summed E-state index contributed by atoms with van der Waals surface area (Å²) in [6.07, 6.45) is 1.50. The minimum Gasteiger partial charge on any atom is -0.490 e. The van der Waals surface area contributed by atoms with Gasteiger partial charge >= 0.3 is 6.09 Å². The summed E-state index contributed by atoms with van der Waals surface area (Å²) in [4.78, 5) is 54.2. The summed E-state index contributed by atoms with van der Waals surface area (Å²) in [7, 11) is 1.46. The van der Waals surface area contributed by atoms with Crippen molar-refractivity contribution in [2.75, 3.05) is 20.1 Å². The zero-order valence-corrected chi connectivity index (χ0v) is 19.6. The van der Waals surface area contributed by atoms with Gasteiger partial charge in [-0.3, -0.25) is 19.3 Å². The van der Waals surface area contributed by atoms with Gasteiger partial charge in [0.1, 0.15) is 23.5 Å². The van der Waals surface area contributed by atoms with Crippen LogP contribution in [0.4, 0.5) is 4.79 Å². The third-order valence-electron chi connectivity index (χ3n) is 6.34. The van der Waals surface area contributed by atoms with E-state index in [0.29, 0.717) is 43.7 Å². The molecular formula is C24H31N3O6. The van der Waals surface area contributed by atoms with E-state index < -0.39 is 11.6 Å². The van der Waals surface area contributed by atoms with Gasteiger partial charge in [-0.25, -0.2) is 4.79 Å². The monoisotopic (exact) mass is 457 g/mol. The number of nitrogens with zero attached hydrogens (tertiary/aromatic N) is 3. The van der Waals surface area contributed by atoms with E-state index in [-0.39, 0.29) is 42.9 Å². The number of hydrogen-bond acceptors (Lipinski definition) is 6. The molecule has 3 aliphatic heterocycles. The van der Waals surface area contributed by atoms with Crippen molar-refractivity contribution >= 4 is 23.8 Å². The molecule has 1 aromatic rings. The Kier molecular flexibility index (Phi) is 6.07. The van der Waals surface area contributed by atoms with Gasteiger partial charge in [0.15, 0.2) is 0 Å². The first-order valence-electron chi connectivity index (χ1n) is 11.4. The van der Waals surface area contributed by atoms with Crippen LogP contribution >= 0.6 is 0 Å². The summed E-state index contributed by atoms with van der Waals surface area (Å²) in [5.74, 6) is -0.144. The lowest BCUT2D eigenvalue weighted by Gasteiger charge is -2.34. The summed E-state index contributed by atoms with van der Waals surface area (Å²) in [6, 6.07) is 4.73. The molecule has 33 heavy (non-hydrogen) atoms. The number of ether oxygens (including phenoxy) is 2. The average Bonchev–Trinajstić information content (AvgIpc) is 3.09. The number of fused-ring (bicyclic) bond motifs is 1. The molecule has 2 fully saturated rings. The normalized spacial score (nSPS) is 22.0. The fourth-order valence-electron chi connectivity index (χ4n) is 4.54. The van der Waals surface area contributed by atoms with Gasteiger partial charge in [-0.2, -0.15) is 0 Å². The molecule has 1 unspecified atom stereocenters. The van der Waals surface area contributed by atoms with Crippen molar-refractivity contribution in [1.82, 2.24) is 14.7 Å². The fraction of sp³-hybridized carbons (Fsp3) is 0.583. The predicted molar refractivity (Wildman–Crippen MR) is 119 cm³/mol. The van der Waals surface area contributed by atoms with Gasteiger partial charge in [0, 0.05) is 50.5 Å². The molecule has 0 N–H and O–H groups in total. The Balaban J connectivity index is 1.41. The van der Waals surface area contributed by atoms with Crippen molar-refractivity contribution in [3.63, 3.8) is 0 Å². The van der Waals surface area contributed by atoms with Gasteiger partial charge in [-0.1, -0.05) is 6.07 Å². The lowest BCUT2D eigenvalue weighted by Crippen LogP contribution is -2.53. The molecule has 3 heterocycles. The largest absolute Gasteiger partial charge is 0.490 e. The molecule has 9 heteroatoms. The molecule has 0 radical (unpaired) electrons. The summed E-state index contributed by atoms with van der Waals surface area (Å²) >= 11 is 0. The summed E-state index contributed by atoms with van der Waals surface area (Å²) in [5.41, 5.74) is 0.769. The Morgan fingerprint density at radius 2 is 1.76 bits per heavy atom. The Labute approximate surface area is 193 Å². The number of amides is 4. The smallest absolute Gasteiger partial charge is 0.410 e. The predicted octanol–water partition coefficient (Wildman–Crippen LogP) is 2.57. The molecule has 0 bridgehead atoms. The maximum Gasteiger partial charge on any atom is 0.410 e. The second-order valence-electron chi connectivity index (χ2n) is 9.85. The molecule has 0 spiro atoms. The van der Waals surface area contributed by atoms with Gasteiger partial charge in [0.25, 0.3) is 11.8 Å². The number of imide groups is 1. The van der Waals surface area contributed by atoms with Gasteiger partial charge in [-0.05, 0) is 39.3 Å². The van der Waals surface area contributed by atoms with E-state index >= 15 is 0 Å². The number of benzene rings is 1. The minimum absolute atomic E-state index is 0.0839. The van der Waals surface area contributed by atoms with Crippen LogP contribution in [0.15, 0.2) is 18.2 Å². The van der Waals surface area contributed by atoms with E-state index in [2.05, 4.69) is 0 Å². The number of carbonyl (C=O) groups excluding carboxylic acids is 4. The number of likely N-dealkylation sites (N-methyl/N-ethyl adjacent to an activating group) is 1. The second kappa shape index (κ2) is 8.68. The van der Waals surface area contributed by atoms with Crippen LogP contribution in [-0.4, -0.2) is 76.4 Å². The van der Waals surface area contributed by atoms with Crippen LogP contribution in [-0.2, 0) is 20.9 Å². The maximum atomic E-state index is 13.1. The Morgan fingerprint density at radius 3 is 2.42 bits per heavy atom. The van der Waals surface area contributed by atoms with Crippen LogP contribution in [0.25, 0.3) is 0 Å². The fourth-order valence-corrected chi connectivity index (χ4v) is 4.54. The molecule has 9 nitrogen and oxygen atoms in total. The topological polar surface area (TPSA) is 96.5 Å². The molecule has 2 saturated heterocycles. The van der Waals surface area contributed by atoms with Gasteiger partial charge in [-0.15, -0.1) is 0 Å². The first-order chi connectivity index (χ1) is 15.5. The van der Waals surface area contributed by atoms with Crippen LogP contribution in [0.2, 0.25) is 0 Å². The Bertz CT molecular complexity index is 977. The van der Waals surface area contributed by atoms with E-state index in [0.717, 1.165) is 10.5 Å². The highest BCUT2D eigenvalue weighted by Gasteiger charge is 2.42. The van der Waals surface area contributed by atoms with Crippen LogP contribution in [0.3, 0.4) is 0 Å². The van der Waals surface area contributed by atoms with Gasteiger partial charge in [0.05, 0.1) is 6.54 Å². The highest BCUT2D eigenvalue weighted by Crippen LogP contribution is 2.35. The molecule has 4 amide bonds. The Hall–Kier alpha value is -3.10. The van der Waals surface area contributed by atoms with E-state index in [9.17, 15) is 19.2 Å². The van der Waals surface area contributed by atoms with Crippen LogP contribution < -0.4 is 4.74 Å². The number of hydrogen-bond donors (Lipinski definition) is 0. The number of piperidine rings is 2. The van der Waals surface area contributed by atoms with Crippen molar-refractivity contribution in [2.45, 2.75) is 70.7 Å². The summed E-state index contributed by atoms with van der Waals surface area (Å²) in [5, 5.41) is 0. The molecule has 0 aromatic heterocycles. The van der Waals surface area contributed by atoms with E-state index in [1.165, 1.54) is 7.05 Å². The van der Waals surface area contributed by atoms with Crippen molar-refractivity contribution in [1.29, 1.82) is 0 Å². The standard InChI is InChI=1S/C24H31N3O6/c1-24(2,3)33-23(31)26-12-10-15(11-13-26)32-19-7-5-6-16-17(19)14-27(21(16)29)18-8-9-20(28)25(4)22(18)30/h5-7,15,18H,8-14H2,1-4H3. The first kappa shape index (κ1) is 23.1. The molecule has 3 aliphatic rings. The average molecular weight is 458 g/mol. The van der Waals surface area contributed by atoms with Gasteiger partial charge < -0.3 is 19.3 Å².